The monoisotopic (exact) mass is 180 g/mol. The maximum atomic E-state index is 5.71. The van der Waals surface area contributed by atoms with Crippen LogP contribution in [0.3, 0.4) is 0 Å². The van der Waals surface area contributed by atoms with Crippen LogP contribution in [-0.2, 0) is 0 Å². The van der Waals surface area contributed by atoms with Crippen LogP contribution in [-0.4, -0.2) is 18.7 Å². The van der Waals surface area contributed by atoms with Crippen molar-refractivity contribution in [3.05, 3.63) is 30.3 Å². The molecule has 0 heterocycles. The summed E-state index contributed by atoms with van der Waals surface area (Å²) in [6, 6.07) is 9.49. The third-order valence-corrected chi connectivity index (χ3v) is 1.94. The lowest BCUT2D eigenvalue weighted by molar-refractivity contribution is 0.192. The molecule has 0 aliphatic carbocycles. The highest BCUT2D eigenvalue weighted by Crippen LogP contribution is 2.11. The van der Waals surface area contributed by atoms with Gasteiger partial charge in [-0.25, -0.2) is 0 Å². The zero-order chi connectivity index (χ0) is 9.68. The van der Waals surface area contributed by atoms with Gasteiger partial charge in [0.15, 0.2) is 0 Å². The summed E-state index contributed by atoms with van der Waals surface area (Å²) in [6.07, 6.45) is -0.0487. The molecule has 1 rings (SSSR count). The van der Waals surface area contributed by atoms with Gasteiger partial charge in [0.1, 0.15) is 11.9 Å². The largest absolute Gasteiger partial charge is 0.489 e. The van der Waals surface area contributed by atoms with Crippen molar-refractivity contribution in [1.29, 1.82) is 0 Å². The van der Waals surface area contributed by atoms with Gasteiger partial charge in [-0.2, -0.15) is 0 Å². The van der Waals surface area contributed by atoms with E-state index in [2.05, 4.69) is 0 Å². The minimum atomic E-state index is -0.111. The molecule has 0 spiro atoms. The summed E-state index contributed by atoms with van der Waals surface area (Å²) in [7, 11) is 0. The van der Waals surface area contributed by atoms with E-state index in [0.29, 0.717) is 6.54 Å². The number of benzene rings is 1. The van der Waals surface area contributed by atoms with Crippen LogP contribution < -0.4 is 16.2 Å². The fourth-order valence-electron chi connectivity index (χ4n) is 0.993. The number of ether oxygens (including phenoxy) is 1. The summed E-state index contributed by atoms with van der Waals surface area (Å²) < 4.78 is 5.56. The maximum absolute atomic E-state index is 5.71. The molecule has 0 amide bonds. The Labute approximate surface area is 78.7 Å². The first kappa shape index (κ1) is 10.0. The molecule has 0 aliphatic heterocycles. The summed E-state index contributed by atoms with van der Waals surface area (Å²) >= 11 is 0. The van der Waals surface area contributed by atoms with E-state index in [0.717, 1.165) is 5.75 Å². The second-order valence-corrected chi connectivity index (χ2v) is 3.04. The molecule has 2 unspecified atom stereocenters. The van der Waals surface area contributed by atoms with Crippen LogP contribution in [0.25, 0.3) is 0 Å². The highest BCUT2D eigenvalue weighted by atomic mass is 16.5. The Balaban J connectivity index is 2.50. The van der Waals surface area contributed by atoms with E-state index < -0.39 is 0 Å². The molecule has 4 N–H and O–H groups in total. The Kier molecular flexibility index (Phi) is 3.73. The molecule has 13 heavy (non-hydrogen) atoms. The molecule has 1 aromatic carbocycles. The smallest absolute Gasteiger partial charge is 0.119 e. The van der Waals surface area contributed by atoms with Crippen LogP contribution in [0.15, 0.2) is 30.3 Å². The quantitative estimate of drug-likeness (QED) is 0.718. The van der Waals surface area contributed by atoms with E-state index in [1.54, 1.807) is 0 Å². The van der Waals surface area contributed by atoms with Gasteiger partial charge in [0.05, 0.1) is 6.04 Å². The highest BCUT2D eigenvalue weighted by Gasteiger charge is 2.11. The van der Waals surface area contributed by atoms with Gasteiger partial charge in [0, 0.05) is 6.54 Å². The Morgan fingerprint density at radius 1 is 1.31 bits per heavy atom. The molecule has 3 nitrogen and oxygen atoms in total. The predicted molar refractivity (Wildman–Crippen MR) is 53.6 cm³/mol. The average Bonchev–Trinajstić information content (AvgIpc) is 2.18. The van der Waals surface area contributed by atoms with E-state index in [1.165, 1.54) is 0 Å². The Hall–Kier alpha value is -1.06. The average molecular weight is 180 g/mol. The summed E-state index contributed by atoms with van der Waals surface area (Å²) in [6.45, 7) is 2.36. The van der Waals surface area contributed by atoms with Crippen LogP contribution in [0.2, 0.25) is 0 Å². The Morgan fingerprint density at radius 3 is 2.46 bits per heavy atom. The van der Waals surface area contributed by atoms with Gasteiger partial charge < -0.3 is 16.2 Å². The lowest BCUT2D eigenvalue weighted by Crippen LogP contribution is -2.42. The van der Waals surface area contributed by atoms with Gasteiger partial charge in [0.2, 0.25) is 0 Å². The number of nitrogens with two attached hydrogens (primary N) is 2. The molecule has 0 aliphatic rings. The van der Waals surface area contributed by atoms with E-state index >= 15 is 0 Å². The molecule has 0 radical (unpaired) electrons. The van der Waals surface area contributed by atoms with Gasteiger partial charge in [0.25, 0.3) is 0 Å². The fourth-order valence-corrected chi connectivity index (χ4v) is 0.993. The number of para-hydroxylation sites is 1. The van der Waals surface area contributed by atoms with Crippen molar-refractivity contribution >= 4 is 0 Å². The number of hydrogen-bond donors (Lipinski definition) is 2. The molecule has 0 saturated carbocycles. The van der Waals surface area contributed by atoms with Crippen molar-refractivity contribution in [2.24, 2.45) is 11.5 Å². The van der Waals surface area contributed by atoms with Crippen molar-refractivity contribution in [1.82, 2.24) is 0 Å². The first-order chi connectivity index (χ1) is 6.24. The zero-order valence-corrected chi connectivity index (χ0v) is 7.81. The van der Waals surface area contributed by atoms with E-state index in [9.17, 15) is 0 Å². The molecular formula is C10H16N2O. The van der Waals surface area contributed by atoms with Crippen LogP contribution >= 0.6 is 0 Å². The van der Waals surface area contributed by atoms with E-state index in [4.69, 9.17) is 16.2 Å². The van der Waals surface area contributed by atoms with Crippen molar-refractivity contribution in [2.45, 2.75) is 19.1 Å². The molecule has 1 aromatic rings. The Morgan fingerprint density at radius 2 is 1.92 bits per heavy atom. The molecular weight excluding hydrogens is 164 g/mol. The fraction of sp³-hybridized carbons (Fsp3) is 0.400. The topological polar surface area (TPSA) is 61.3 Å². The summed E-state index contributed by atoms with van der Waals surface area (Å²) in [4.78, 5) is 0. The van der Waals surface area contributed by atoms with Crippen molar-refractivity contribution in [3.8, 4) is 5.75 Å². The zero-order valence-electron chi connectivity index (χ0n) is 7.81. The van der Waals surface area contributed by atoms with Crippen LogP contribution in [0, 0.1) is 0 Å². The number of hydrogen-bond acceptors (Lipinski definition) is 3. The van der Waals surface area contributed by atoms with Gasteiger partial charge in [-0.05, 0) is 19.1 Å². The van der Waals surface area contributed by atoms with Crippen LogP contribution in [0.1, 0.15) is 6.92 Å². The lowest BCUT2D eigenvalue weighted by atomic mass is 10.2. The van der Waals surface area contributed by atoms with Crippen LogP contribution in [0.4, 0.5) is 0 Å². The molecule has 0 fully saturated rings. The van der Waals surface area contributed by atoms with Crippen molar-refractivity contribution in [3.63, 3.8) is 0 Å². The lowest BCUT2D eigenvalue weighted by Gasteiger charge is -2.19. The normalized spacial score (nSPS) is 15.0. The maximum Gasteiger partial charge on any atom is 0.119 e. The highest BCUT2D eigenvalue weighted by molar-refractivity contribution is 5.21. The first-order valence-electron chi connectivity index (χ1n) is 4.41. The standard InChI is InChI=1S/C10H16N2O/c1-8(10(12)7-11)13-9-5-3-2-4-6-9/h2-6,8,10H,7,11-12H2,1H3. The summed E-state index contributed by atoms with van der Waals surface area (Å²) in [5.74, 6) is 0.832. The van der Waals surface area contributed by atoms with Crippen molar-refractivity contribution < 1.29 is 4.74 Å². The molecule has 0 saturated heterocycles. The third kappa shape index (κ3) is 3.05. The minimum absolute atomic E-state index is 0.0487. The second-order valence-electron chi connectivity index (χ2n) is 3.04. The Bertz CT molecular complexity index is 238. The minimum Gasteiger partial charge on any atom is -0.489 e. The van der Waals surface area contributed by atoms with Gasteiger partial charge in [-0.1, -0.05) is 18.2 Å². The van der Waals surface area contributed by atoms with Crippen molar-refractivity contribution in [2.75, 3.05) is 6.54 Å². The van der Waals surface area contributed by atoms with Crippen LogP contribution in [0.5, 0.6) is 5.75 Å². The summed E-state index contributed by atoms with van der Waals surface area (Å²) in [5.41, 5.74) is 11.1. The van der Waals surface area contributed by atoms with E-state index in [1.807, 2.05) is 37.3 Å². The predicted octanol–water partition coefficient (Wildman–Crippen LogP) is 0.740. The van der Waals surface area contributed by atoms with E-state index in [-0.39, 0.29) is 12.1 Å². The molecule has 0 aromatic heterocycles. The van der Waals surface area contributed by atoms with Gasteiger partial charge in [-0.3, -0.25) is 0 Å². The molecule has 2 atom stereocenters. The molecule has 72 valence electrons. The SMILES string of the molecule is CC(Oc1ccccc1)C(N)CN. The summed E-state index contributed by atoms with van der Waals surface area (Å²) in [5, 5.41) is 0. The second kappa shape index (κ2) is 4.84. The van der Waals surface area contributed by atoms with Gasteiger partial charge >= 0.3 is 0 Å². The third-order valence-electron chi connectivity index (χ3n) is 1.94. The number of rotatable bonds is 4. The first-order valence-corrected chi connectivity index (χ1v) is 4.41. The van der Waals surface area contributed by atoms with Gasteiger partial charge in [-0.15, -0.1) is 0 Å². The molecule has 0 bridgehead atoms. The molecule has 3 heteroatoms.